The smallest absolute Gasteiger partial charge is 0.229 e. The third-order valence-electron chi connectivity index (χ3n) is 2.29. The Morgan fingerprint density at radius 2 is 1.94 bits per heavy atom. The number of aromatic nitrogens is 1. The Morgan fingerprint density at radius 3 is 2.50 bits per heavy atom. The highest BCUT2D eigenvalue weighted by molar-refractivity contribution is 5.73. The average Bonchev–Trinajstić information content (AvgIpc) is 2.74. The molecule has 5 nitrogen and oxygen atoms in total. The van der Waals surface area contributed by atoms with Crippen molar-refractivity contribution in [1.82, 2.24) is 5.16 Å². The molecular formula is C11H12N2O3. The fourth-order valence-electron chi connectivity index (χ4n) is 1.47. The maximum atomic E-state index is 5.63. The van der Waals surface area contributed by atoms with Crippen LogP contribution in [0.5, 0.6) is 11.5 Å². The first-order chi connectivity index (χ1) is 7.76. The van der Waals surface area contributed by atoms with Crippen molar-refractivity contribution in [2.75, 3.05) is 20.0 Å². The van der Waals surface area contributed by atoms with E-state index in [4.69, 9.17) is 19.7 Å². The van der Waals surface area contributed by atoms with Gasteiger partial charge in [0.25, 0.3) is 0 Å². The van der Waals surface area contributed by atoms with Gasteiger partial charge in [-0.15, -0.1) is 0 Å². The van der Waals surface area contributed by atoms with Gasteiger partial charge in [-0.1, -0.05) is 11.2 Å². The summed E-state index contributed by atoms with van der Waals surface area (Å²) in [7, 11) is 3.17. The second-order valence-electron chi connectivity index (χ2n) is 3.17. The van der Waals surface area contributed by atoms with E-state index in [9.17, 15) is 0 Å². The third-order valence-corrected chi connectivity index (χ3v) is 2.29. The van der Waals surface area contributed by atoms with Crippen molar-refractivity contribution in [1.29, 1.82) is 0 Å². The van der Waals surface area contributed by atoms with E-state index in [0.717, 1.165) is 11.1 Å². The molecule has 1 aromatic carbocycles. The maximum absolute atomic E-state index is 5.63. The Balaban J connectivity index is 2.48. The van der Waals surface area contributed by atoms with Crippen LogP contribution in [-0.4, -0.2) is 19.4 Å². The quantitative estimate of drug-likeness (QED) is 0.855. The second-order valence-corrected chi connectivity index (χ2v) is 3.17. The highest BCUT2D eigenvalue weighted by Crippen LogP contribution is 2.34. The number of nitrogen functional groups attached to an aromatic ring is 1. The monoisotopic (exact) mass is 220 g/mol. The molecule has 0 aliphatic carbocycles. The number of nitrogens with two attached hydrogens (primary N) is 1. The van der Waals surface area contributed by atoms with Gasteiger partial charge in [-0.25, -0.2) is 0 Å². The molecule has 0 amide bonds. The molecule has 0 fully saturated rings. The second kappa shape index (κ2) is 4.14. The molecular weight excluding hydrogens is 208 g/mol. The molecule has 0 saturated carbocycles. The first kappa shape index (κ1) is 10.4. The van der Waals surface area contributed by atoms with E-state index in [1.165, 1.54) is 0 Å². The molecule has 0 spiro atoms. The first-order valence-corrected chi connectivity index (χ1v) is 4.69. The molecule has 1 heterocycles. The topological polar surface area (TPSA) is 70.5 Å². The maximum Gasteiger partial charge on any atom is 0.229 e. The van der Waals surface area contributed by atoms with Crippen LogP contribution in [-0.2, 0) is 0 Å². The lowest BCUT2D eigenvalue weighted by atomic mass is 10.1. The summed E-state index contributed by atoms with van der Waals surface area (Å²) in [5, 5.41) is 3.62. The summed E-state index contributed by atoms with van der Waals surface area (Å²) < 4.78 is 15.1. The molecule has 0 aliphatic heterocycles. The Bertz CT molecular complexity index is 494. The van der Waals surface area contributed by atoms with E-state index in [2.05, 4.69) is 5.16 Å². The van der Waals surface area contributed by atoms with E-state index in [-0.39, 0.29) is 5.88 Å². The van der Waals surface area contributed by atoms with Crippen LogP contribution in [0.25, 0.3) is 11.1 Å². The van der Waals surface area contributed by atoms with Crippen LogP contribution >= 0.6 is 0 Å². The van der Waals surface area contributed by atoms with Crippen molar-refractivity contribution in [3.8, 4) is 22.6 Å². The number of benzene rings is 1. The van der Waals surface area contributed by atoms with Gasteiger partial charge in [0.1, 0.15) is 0 Å². The van der Waals surface area contributed by atoms with Gasteiger partial charge in [0.15, 0.2) is 11.5 Å². The summed E-state index contributed by atoms with van der Waals surface area (Å²) in [6, 6.07) is 5.49. The molecule has 0 unspecified atom stereocenters. The zero-order valence-electron chi connectivity index (χ0n) is 9.06. The number of hydrogen-bond donors (Lipinski definition) is 1. The van der Waals surface area contributed by atoms with E-state index in [1.807, 2.05) is 12.1 Å². The summed E-state index contributed by atoms with van der Waals surface area (Å²) in [6.45, 7) is 0. The van der Waals surface area contributed by atoms with Crippen LogP contribution in [0, 0.1) is 0 Å². The Morgan fingerprint density at radius 1 is 1.19 bits per heavy atom. The van der Waals surface area contributed by atoms with Crippen molar-refractivity contribution >= 4 is 5.88 Å². The Kier molecular flexibility index (Phi) is 2.68. The lowest BCUT2D eigenvalue weighted by Crippen LogP contribution is -1.91. The number of methoxy groups -OCH3 is 2. The van der Waals surface area contributed by atoms with Crippen LogP contribution in [0.2, 0.25) is 0 Å². The molecule has 0 aliphatic rings. The Labute approximate surface area is 92.8 Å². The lowest BCUT2D eigenvalue weighted by Gasteiger charge is -2.08. The summed E-state index contributed by atoms with van der Waals surface area (Å²) in [5.41, 5.74) is 7.24. The standard InChI is InChI=1S/C11H12N2O3/c1-14-9-4-3-7(5-10(9)15-2)8-6-13-16-11(8)12/h3-6H,12H2,1-2H3. The minimum Gasteiger partial charge on any atom is -0.493 e. The van der Waals surface area contributed by atoms with Gasteiger partial charge < -0.3 is 19.7 Å². The van der Waals surface area contributed by atoms with Gasteiger partial charge in [0.2, 0.25) is 5.88 Å². The number of hydrogen-bond acceptors (Lipinski definition) is 5. The van der Waals surface area contributed by atoms with Crippen LogP contribution < -0.4 is 15.2 Å². The van der Waals surface area contributed by atoms with Crippen LogP contribution in [0.1, 0.15) is 0 Å². The van der Waals surface area contributed by atoms with Crippen LogP contribution in [0.15, 0.2) is 28.9 Å². The zero-order chi connectivity index (χ0) is 11.5. The molecule has 2 N–H and O–H groups in total. The van der Waals surface area contributed by atoms with E-state index in [1.54, 1.807) is 26.5 Å². The molecule has 0 atom stereocenters. The summed E-state index contributed by atoms with van der Waals surface area (Å²) >= 11 is 0. The highest BCUT2D eigenvalue weighted by atomic mass is 16.5. The molecule has 0 radical (unpaired) electrons. The fourth-order valence-corrected chi connectivity index (χ4v) is 1.47. The van der Waals surface area contributed by atoms with Crippen molar-refractivity contribution in [3.05, 3.63) is 24.4 Å². The molecule has 1 aromatic heterocycles. The average molecular weight is 220 g/mol. The minimum atomic E-state index is 0.284. The van der Waals surface area contributed by atoms with Crippen LogP contribution in [0.3, 0.4) is 0 Å². The van der Waals surface area contributed by atoms with Crippen molar-refractivity contribution in [3.63, 3.8) is 0 Å². The predicted molar refractivity (Wildman–Crippen MR) is 59.5 cm³/mol. The van der Waals surface area contributed by atoms with Gasteiger partial charge in [-0.05, 0) is 17.7 Å². The summed E-state index contributed by atoms with van der Waals surface area (Å²) in [4.78, 5) is 0. The SMILES string of the molecule is COc1ccc(-c2cnoc2N)cc1OC. The van der Waals surface area contributed by atoms with Gasteiger partial charge in [-0.3, -0.25) is 0 Å². The normalized spacial score (nSPS) is 10.1. The molecule has 2 aromatic rings. The number of anilines is 1. The Hall–Kier alpha value is -2.17. The van der Waals surface area contributed by atoms with E-state index >= 15 is 0 Å². The van der Waals surface area contributed by atoms with E-state index in [0.29, 0.717) is 11.5 Å². The molecule has 0 saturated heterocycles. The van der Waals surface area contributed by atoms with Crippen molar-refractivity contribution < 1.29 is 14.0 Å². The summed E-state index contributed by atoms with van der Waals surface area (Å²) in [6.07, 6.45) is 1.57. The zero-order valence-corrected chi connectivity index (χ0v) is 9.06. The lowest BCUT2D eigenvalue weighted by molar-refractivity contribution is 0.355. The first-order valence-electron chi connectivity index (χ1n) is 4.69. The van der Waals surface area contributed by atoms with Gasteiger partial charge in [0, 0.05) is 0 Å². The predicted octanol–water partition coefficient (Wildman–Crippen LogP) is 1.94. The largest absolute Gasteiger partial charge is 0.493 e. The van der Waals surface area contributed by atoms with Crippen molar-refractivity contribution in [2.45, 2.75) is 0 Å². The highest BCUT2D eigenvalue weighted by Gasteiger charge is 2.10. The van der Waals surface area contributed by atoms with Gasteiger partial charge in [0.05, 0.1) is 26.0 Å². The van der Waals surface area contributed by atoms with Crippen molar-refractivity contribution in [2.24, 2.45) is 0 Å². The summed E-state index contributed by atoms with van der Waals surface area (Å²) in [5.74, 6) is 1.59. The van der Waals surface area contributed by atoms with Crippen LogP contribution in [0.4, 0.5) is 5.88 Å². The molecule has 0 bridgehead atoms. The molecule has 5 heteroatoms. The van der Waals surface area contributed by atoms with E-state index < -0.39 is 0 Å². The third kappa shape index (κ3) is 1.67. The number of ether oxygens (including phenoxy) is 2. The molecule has 2 rings (SSSR count). The van der Waals surface area contributed by atoms with Gasteiger partial charge in [-0.2, -0.15) is 0 Å². The fraction of sp³-hybridized carbons (Fsp3) is 0.182. The van der Waals surface area contributed by atoms with Gasteiger partial charge >= 0.3 is 0 Å². The minimum absolute atomic E-state index is 0.284. The number of rotatable bonds is 3. The molecule has 84 valence electrons. The molecule has 16 heavy (non-hydrogen) atoms. The number of nitrogens with zero attached hydrogens (tertiary/aromatic N) is 1.